The molecule has 0 aliphatic rings. The van der Waals surface area contributed by atoms with Gasteiger partial charge in [-0.3, -0.25) is 11.3 Å². The average Bonchev–Trinajstić information content (AvgIpc) is 2.12. The second-order valence-corrected chi connectivity index (χ2v) is 3.55. The van der Waals surface area contributed by atoms with Gasteiger partial charge in [0.15, 0.2) is 0 Å². The fraction of sp³-hybridized carbons (Fsp3) is 0.273. The Labute approximate surface area is 87.8 Å². The van der Waals surface area contributed by atoms with E-state index in [1.54, 1.807) is 6.92 Å². The molecule has 0 fully saturated rings. The molecule has 1 unspecified atom stereocenters. The summed E-state index contributed by atoms with van der Waals surface area (Å²) < 4.78 is 25.7. The van der Waals surface area contributed by atoms with Crippen LogP contribution in [0.25, 0.3) is 0 Å². The summed E-state index contributed by atoms with van der Waals surface area (Å²) in [6.45, 7) is 5.54. The first-order chi connectivity index (χ1) is 7.02. The summed E-state index contributed by atoms with van der Waals surface area (Å²) in [6, 6.07) is 3.24. The van der Waals surface area contributed by atoms with Crippen LogP contribution in [0.1, 0.15) is 12.5 Å². The van der Waals surface area contributed by atoms with Gasteiger partial charge in [-0.05, 0) is 31.0 Å². The van der Waals surface area contributed by atoms with Gasteiger partial charge in [0, 0.05) is 12.1 Å². The quantitative estimate of drug-likeness (QED) is 0.454. The van der Waals surface area contributed by atoms with Crippen molar-refractivity contribution >= 4 is 0 Å². The molecule has 0 saturated carbocycles. The van der Waals surface area contributed by atoms with Crippen molar-refractivity contribution < 1.29 is 8.78 Å². The molecule has 0 radical (unpaired) electrons. The Morgan fingerprint density at radius 1 is 1.40 bits per heavy atom. The normalized spacial score (nSPS) is 12.5. The maximum absolute atomic E-state index is 12.9. The maximum atomic E-state index is 12.9. The number of nitrogens with two attached hydrogens (primary N) is 1. The predicted molar refractivity (Wildman–Crippen MR) is 56.0 cm³/mol. The third kappa shape index (κ3) is 3.42. The smallest absolute Gasteiger partial charge is 0.126 e. The average molecular weight is 212 g/mol. The number of rotatable bonds is 4. The minimum Gasteiger partial charge on any atom is -0.271 e. The summed E-state index contributed by atoms with van der Waals surface area (Å²) >= 11 is 0. The van der Waals surface area contributed by atoms with Crippen molar-refractivity contribution in [2.24, 2.45) is 5.84 Å². The molecule has 0 heterocycles. The maximum Gasteiger partial charge on any atom is 0.126 e. The number of hydrogen-bond acceptors (Lipinski definition) is 2. The molecule has 0 saturated heterocycles. The summed E-state index contributed by atoms with van der Waals surface area (Å²) in [5.74, 6) is 4.14. The zero-order chi connectivity index (χ0) is 11.4. The molecular formula is C11H14F2N2. The van der Waals surface area contributed by atoms with Crippen molar-refractivity contribution in [3.63, 3.8) is 0 Å². The summed E-state index contributed by atoms with van der Waals surface area (Å²) in [5, 5.41) is 0. The van der Waals surface area contributed by atoms with E-state index in [9.17, 15) is 8.78 Å². The van der Waals surface area contributed by atoms with Gasteiger partial charge in [-0.15, -0.1) is 0 Å². The largest absolute Gasteiger partial charge is 0.271 e. The van der Waals surface area contributed by atoms with Crippen LogP contribution in [0.3, 0.4) is 0 Å². The van der Waals surface area contributed by atoms with Crippen LogP contribution in [0.2, 0.25) is 0 Å². The third-order valence-corrected chi connectivity index (χ3v) is 2.16. The van der Waals surface area contributed by atoms with Gasteiger partial charge in [-0.25, -0.2) is 8.78 Å². The summed E-state index contributed by atoms with van der Waals surface area (Å²) in [4.78, 5) is 0. The van der Waals surface area contributed by atoms with Crippen LogP contribution < -0.4 is 11.3 Å². The van der Waals surface area contributed by atoms with Crippen LogP contribution in [-0.2, 0) is 6.42 Å². The molecule has 1 atom stereocenters. The van der Waals surface area contributed by atoms with Crippen molar-refractivity contribution in [1.29, 1.82) is 0 Å². The molecule has 0 amide bonds. The van der Waals surface area contributed by atoms with Crippen molar-refractivity contribution in [1.82, 2.24) is 5.43 Å². The van der Waals surface area contributed by atoms with Crippen molar-refractivity contribution in [3.8, 4) is 0 Å². The van der Waals surface area contributed by atoms with Crippen molar-refractivity contribution in [2.75, 3.05) is 0 Å². The highest BCUT2D eigenvalue weighted by Gasteiger charge is 2.09. The Hall–Kier alpha value is -1.26. The first-order valence-corrected chi connectivity index (χ1v) is 4.59. The SMILES string of the molecule is C=C(C)C(Cc1cc(F)cc(F)c1)NN. The van der Waals surface area contributed by atoms with Gasteiger partial charge in [0.2, 0.25) is 0 Å². The van der Waals surface area contributed by atoms with E-state index in [-0.39, 0.29) is 6.04 Å². The van der Waals surface area contributed by atoms with Crippen LogP contribution in [-0.4, -0.2) is 6.04 Å². The summed E-state index contributed by atoms with van der Waals surface area (Å²) in [6.07, 6.45) is 0.417. The number of nitrogens with one attached hydrogen (secondary N) is 1. The van der Waals surface area contributed by atoms with Gasteiger partial charge in [-0.2, -0.15) is 0 Å². The van der Waals surface area contributed by atoms with Crippen LogP contribution in [0.4, 0.5) is 8.78 Å². The van der Waals surface area contributed by atoms with E-state index in [4.69, 9.17) is 5.84 Å². The topological polar surface area (TPSA) is 38.0 Å². The molecule has 15 heavy (non-hydrogen) atoms. The molecule has 0 spiro atoms. The Morgan fingerprint density at radius 2 is 1.93 bits per heavy atom. The minimum absolute atomic E-state index is 0.175. The second kappa shape index (κ2) is 5.00. The van der Waals surface area contributed by atoms with Gasteiger partial charge in [0.1, 0.15) is 11.6 Å². The molecule has 1 aromatic carbocycles. The van der Waals surface area contributed by atoms with Crippen LogP contribution in [0.15, 0.2) is 30.4 Å². The van der Waals surface area contributed by atoms with Crippen LogP contribution in [0.5, 0.6) is 0 Å². The molecular weight excluding hydrogens is 198 g/mol. The Bertz CT molecular complexity index is 343. The minimum atomic E-state index is -0.581. The van der Waals surface area contributed by atoms with E-state index in [2.05, 4.69) is 12.0 Å². The molecule has 4 heteroatoms. The monoisotopic (exact) mass is 212 g/mol. The highest BCUT2D eigenvalue weighted by Crippen LogP contribution is 2.12. The second-order valence-electron chi connectivity index (χ2n) is 3.55. The van der Waals surface area contributed by atoms with Crippen molar-refractivity contribution in [2.45, 2.75) is 19.4 Å². The molecule has 1 aromatic rings. The molecule has 0 aliphatic heterocycles. The standard InChI is InChI=1S/C11H14F2N2/c1-7(2)11(15-14)5-8-3-9(12)6-10(13)4-8/h3-4,6,11,15H,1,5,14H2,2H3. The highest BCUT2D eigenvalue weighted by atomic mass is 19.1. The fourth-order valence-electron chi connectivity index (χ4n) is 1.34. The summed E-state index contributed by atoms with van der Waals surface area (Å²) in [7, 11) is 0. The third-order valence-electron chi connectivity index (χ3n) is 2.16. The lowest BCUT2D eigenvalue weighted by atomic mass is 10.0. The molecule has 1 rings (SSSR count). The first-order valence-electron chi connectivity index (χ1n) is 4.59. The lowest BCUT2D eigenvalue weighted by Crippen LogP contribution is -2.37. The molecule has 0 bridgehead atoms. The van der Waals surface area contributed by atoms with E-state index in [0.29, 0.717) is 12.0 Å². The van der Waals surface area contributed by atoms with E-state index < -0.39 is 11.6 Å². The predicted octanol–water partition coefficient (Wildman–Crippen LogP) is 1.92. The van der Waals surface area contributed by atoms with Gasteiger partial charge < -0.3 is 0 Å². The molecule has 82 valence electrons. The lowest BCUT2D eigenvalue weighted by molar-refractivity contribution is 0.563. The Balaban J connectivity index is 2.83. The number of hydrogen-bond donors (Lipinski definition) is 2. The Kier molecular flexibility index (Phi) is 3.94. The van der Waals surface area contributed by atoms with Crippen LogP contribution in [0, 0.1) is 11.6 Å². The zero-order valence-corrected chi connectivity index (χ0v) is 8.56. The molecule has 2 nitrogen and oxygen atoms in total. The number of hydrazine groups is 1. The van der Waals surface area contributed by atoms with Crippen molar-refractivity contribution in [3.05, 3.63) is 47.5 Å². The number of halogens is 2. The van der Waals surface area contributed by atoms with E-state index in [0.717, 1.165) is 11.6 Å². The molecule has 3 N–H and O–H groups in total. The fourth-order valence-corrected chi connectivity index (χ4v) is 1.34. The lowest BCUT2D eigenvalue weighted by Gasteiger charge is -2.15. The molecule has 0 aliphatic carbocycles. The van der Waals surface area contributed by atoms with Crippen LogP contribution >= 0.6 is 0 Å². The van der Waals surface area contributed by atoms with E-state index >= 15 is 0 Å². The number of benzene rings is 1. The van der Waals surface area contributed by atoms with Gasteiger partial charge in [0.25, 0.3) is 0 Å². The summed E-state index contributed by atoms with van der Waals surface area (Å²) in [5.41, 5.74) is 3.92. The first kappa shape index (κ1) is 11.8. The van der Waals surface area contributed by atoms with Gasteiger partial charge >= 0.3 is 0 Å². The van der Waals surface area contributed by atoms with Gasteiger partial charge in [0.05, 0.1) is 0 Å². The molecule has 0 aromatic heterocycles. The van der Waals surface area contributed by atoms with Gasteiger partial charge in [-0.1, -0.05) is 12.2 Å². The Morgan fingerprint density at radius 3 is 2.33 bits per heavy atom. The highest BCUT2D eigenvalue weighted by molar-refractivity contribution is 5.21. The van der Waals surface area contributed by atoms with E-state index in [1.165, 1.54) is 12.1 Å². The van der Waals surface area contributed by atoms with E-state index in [1.807, 2.05) is 0 Å². The zero-order valence-electron chi connectivity index (χ0n) is 8.56.